The van der Waals surface area contributed by atoms with Crippen LogP contribution < -0.4 is 0 Å². The van der Waals surface area contributed by atoms with Crippen molar-refractivity contribution in [1.82, 2.24) is 24.1 Å². The Kier molecular flexibility index (Phi) is 12.4. The van der Waals surface area contributed by atoms with Gasteiger partial charge in [0, 0.05) is 49.4 Å². The van der Waals surface area contributed by atoms with Crippen molar-refractivity contribution in [3.63, 3.8) is 0 Å². The molecule has 0 aliphatic heterocycles. The topological polar surface area (TPSA) is 72.3 Å². The normalized spacial score (nSPS) is 12.2. The molecule has 3 aromatic heterocycles. The van der Waals surface area contributed by atoms with Crippen LogP contribution >= 0.6 is 0 Å². The van der Waals surface area contributed by atoms with Crippen molar-refractivity contribution in [3.05, 3.63) is 246 Å². The van der Waals surface area contributed by atoms with Gasteiger partial charge in [-0.3, -0.25) is 0 Å². The lowest BCUT2D eigenvalue weighted by Gasteiger charge is -2.20. The molecule has 0 spiro atoms. The average molecular weight is 1110 g/mol. The zero-order valence-electron chi connectivity index (χ0n) is 43.4. The lowest BCUT2D eigenvalue weighted by molar-refractivity contribution is -0.143. The second-order valence-electron chi connectivity index (χ2n) is 20.2. The van der Waals surface area contributed by atoms with Crippen LogP contribution in [0.3, 0.4) is 0 Å². The van der Waals surface area contributed by atoms with Crippen LogP contribution in [0.2, 0.25) is 0 Å². The number of hydrogen-bond acceptors (Lipinski definition) is 4. The average Bonchev–Trinajstić information content (AvgIpc) is 2.27. The smallest absolute Gasteiger partial charge is 0.309 e. The van der Waals surface area contributed by atoms with Crippen LogP contribution in [-0.2, 0) is 18.5 Å². The predicted octanol–water partition coefficient (Wildman–Crippen LogP) is 19.3. The van der Waals surface area contributed by atoms with Gasteiger partial charge in [0.2, 0.25) is 0 Å². The molecule has 83 heavy (non-hydrogen) atoms. The van der Waals surface area contributed by atoms with Crippen LogP contribution in [0.5, 0.6) is 0 Å². The van der Waals surface area contributed by atoms with E-state index < -0.39 is 35.2 Å². The maximum absolute atomic E-state index is 14.3. The summed E-state index contributed by atoms with van der Waals surface area (Å²) in [4.78, 5) is 15.1. The van der Waals surface area contributed by atoms with Gasteiger partial charge in [0.1, 0.15) is 0 Å². The maximum atomic E-state index is 14.3. The highest BCUT2D eigenvalue weighted by Crippen LogP contribution is 2.46. The Morgan fingerprint density at radius 3 is 1.22 bits per heavy atom. The van der Waals surface area contributed by atoms with E-state index in [-0.39, 0.29) is 22.8 Å². The minimum Gasteiger partial charge on any atom is -0.309 e. The summed E-state index contributed by atoms with van der Waals surface area (Å²) in [5.74, 6) is 1.19. The number of halogens is 9. The van der Waals surface area contributed by atoms with E-state index in [9.17, 15) is 44.8 Å². The highest BCUT2D eigenvalue weighted by molar-refractivity contribution is 6.13. The fourth-order valence-electron chi connectivity index (χ4n) is 11.1. The quantitative estimate of drug-likeness (QED) is 0.142. The molecule has 0 unspecified atom stereocenters. The van der Waals surface area contributed by atoms with Crippen LogP contribution in [-0.4, -0.2) is 24.1 Å². The molecule has 0 radical (unpaired) electrons. The molecule has 0 aliphatic rings. The van der Waals surface area contributed by atoms with E-state index in [1.165, 1.54) is 6.07 Å². The third-order valence-corrected chi connectivity index (χ3v) is 14.9. The molecule has 404 valence electrons. The van der Waals surface area contributed by atoms with Crippen molar-refractivity contribution < 1.29 is 39.5 Å². The van der Waals surface area contributed by atoms with Gasteiger partial charge in [0.25, 0.3) is 0 Å². The van der Waals surface area contributed by atoms with E-state index >= 15 is 0 Å². The second kappa shape index (κ2) is 19.7. The van der Waals surface area contributed by atoms with Crippen LogP contribution in [0.25, 0.3) is 123 Å². The minimum atomic E-state index is -5.06. The molecule has 10 aromatic carbocycles. The van der Waals surface area contributed by atoms with Crippen LogP contribution in [0.15, 0.2) is 218 Å². The summed E-state index contributed by atoms with van der Waals surface area (Å²) in [5.41, 5.74) is 4.92. The predicted molar refractivity (Wildman–Crippen MR) is 306 cm³/mol. The molecular weight excluding hydrogens is 1070 g/mol. The first-order valence-electron chi connectivity index (χ1n) is 26.0. The Bertz CT molecular complexity index is 4690. The lowest BCUT2D eigenvalue weighted by atomic mass is 9.96. The molecule has 13 rings (SSSR count). The summed E-state index contributed by atoms with van der Waals surface area (Å²) in [7, 11) is 0. The van der Waals surface area contributed by atoms with E-state index in [1.54, 1.807) is 49.4 Å². The van der Waals surface area contributed by atoms with Gasteiger partial charge in [-0.2, -0.15) is 44.8 Å². The summed E-state index contributed by atoms with van der Waals surface area (Å²) >= 11 is 0. The number of nitrogens with zero attached hydrogens (tertiary/aromatic N) is 6. The first-order valence-corrected chi connectivity index (χ1v) is 26.0. The Labute approximate surface area is 467 Å². The minimum absolute atomic E-state index is 0.102. The summed E-state index contributed by atoms with van der Waals surface area (Å²) in [6.45, 7) is 1.63. The molecule has 0 aliphatic carbocycles. The number of rotatable bonds is 8. The number of benzene rings is 10. The molecule has 0 bridgehead atoms. The molecule has 6 nitrogen and oxygen atoms in total. The maximum Gasteiger partial charge on any atom is 0.416 e. The fourth-order valence-corrected chi connectivity index (χ4v) is 11.1. The van der Waals surface area contributed by atoms with E-state index in [4.69, 9.17) is 15.0 Å². The number of para-hydroxylation sites is 2. The zero-order chi connectivity index (χ0) is 57.5. The molecule has 0 atom stereocenters. The van der Waals surface area contributed by atoms with Gasteiger partial charge in [-0.25, -0.2) is 15.0 Å². The standard InChI is InChI=1S/C68H39F9N6/c1-39-28-46(31-48(29-39)66(69,70)71)43-22-26-60-55(34-43)52-17-9-11-19-58(52)83(60)62-36-45(65-80-63(41-12-4-2-5-13-41)79-64(81-65)42-14-6-3-7-15-42)21-25-54(62)53-24-20-40(38-78)30-61(53)82-57-18-10-8-16-51(57)56-35-44(23-27-59(56)82)47-32-49(67(72,73)74)37-50(33-47)68(75,76)77/h2-37H,1H3. The molecule has 0 fully saturated rings. The van der Waals surface area contributed by atoms with E-state index in [0.717, 1.165) is 39.5 Å². The Morgan fingerprint density at radius 2 is 0.735 bits per heavy atom. The highest BCUT2D eigenvalue weighted by Gasteiger charge is 2.37. The van der Waals surface area contributed by atoms with Crippen LogP contribution in [0.1, 0.15) is 27.8 Å². The molecule has 3 heterocycles. The monoisotopic (exact) mass is 1110 g/mol. The van der Waals surface area contributed by atoms with Crippen molar-refractivity contribution in [3.8, 4) is 85.0 Å². The Balaban J connectivity index is 1.08. The van der Waals surface area contributed by atoms with Gasteiger partial charge in [0.15, 0.2) is 17.5 Å². The SMILES string of the molecule is Cc1cc(-c2ccc3c(c2)c2ccccc2n3-c2cc(-c3nc(-c4ccccc4)nc(-c4ccccc4)n3)ccc2-c2ccc(C#N)cc2-n2c3ccccc3c3cc(-c4cc(C(F)(F)F)cc(C(F)(F)F)c4)ccc32)cc(C(F)(F)F)c1. The van der Waals surface area contributed by atoms with Crippen LogP contribution in [0.4, 0.5) is 39.5 Å². The van der Waals surface area contributed by atoms with Crippen molar-refractivity contribution in [2.45, 2.75) is 25.5 Å². The van der Waals surface area contributed by atoms with E-state index in [2.05, 4.69) is 10.6 Å². The molecular formula is C68H39F9N6. The third kappa shape index (κ3) is 9.47. The number of aromatic nitrogens is 5. The number of aryl methyl sites for hydroxylation is 1. The number of alkyl halides is 9. The van der Waals surface area contributed by atoms with Gasteiger partial charge in [-0.1, -0.05) is 133 Å². The summed E-state index contributed by atoms with van der Waals surface area (Å²) < 4.78 is 132. The van der Waals surface area contributed by atoms with Gasteiger partial charge >= 0.3 is 18.5 Å². The highest BCUT2D eigenvalue weighted by atomic mass is 19.4. The Hall–Kier alpha value is -10.3. The summed E-state index contributed by atoms with van der Waals surface area (Å²) in [5, 5.41) is 13.2. The molecule has 13 aromatic rings. The molecule has 0 saturated carbocycles. The van der Waals surface area contributed by atoms with Gasteiger partial charge < -0.3 is 9.13 Å². The largest absolute Gasteiger partial charge is 0.416 e. The summed E-state index contributed by atoms with van der Waals surface area (Å²) in [6.07, 6.45) is -14.7. The van der Waals surface area contributed by atoms with Crippen molar-refractivity contribution in [2.75, 3.05) is 0 Å². The van der Waals surface area contributed by atoms with Crippen LogP contribution in [0, 0.1) is 18.3 Å². The molecule has 15 heteroatoms. The van der Waals surface area contributed by atoms with E-state index in [1.807, 2.05) is 144 Å². The number of fused-ring (bicyclic) bond motifs is 6. The molecule has 0 N–H and O–H groups in total. The van der Waals surface area contributed by atoms with Gasteiger partial charge in [-0.05, 0) is 120 Å². The van der Waals surface area contributed by atoms with E-state index in [0.29, 0.717) is 102 Å². The van der Waals surface area contributed by atoms with Gasteiger partial charge in [0.05, 0.1) is 61.8 Å². The van der Waals surface area contributed by atoms with Crippen molar-refractivity contribution in [1.29, 1.82) is 5.26 Å². The number of hydrogen-bond donors (Lipinski definition) is 0. The Morgan fingerprint density at radius 1 is 0.337 bits per heavy atom. The first-order chi connectivity index (χ1) is 39.9. The zero-order valence-corrected chi connectivity index (χ0v) is 43.4. The van der Waals surface area contributed by atoms with Crippen molar-refractivity contribution >= 4 is 43.6 Å². The van der Waals surface area contributed by atoms with Crippen molar-refractivity contribution in [2.24, 2.45) is 0 Å². The summed E-state index contributed by atoms with van der Waals surface area (Å²) in [6, 6.07) is 63.0. The number of nitriles is 1. The second-order valence-corrected chi connectivity index (χ2v) is 20.2. The fraction of sp³-hybridized carbons (Fsp3) is 0.0588. The molecule has 0 amide bonds. The third-order valence-electron chi connectivity index (χ3n) is 14.9. The van der Waals surface area contributed by atoms with Gasteiger partial charge in [-0.15, -0.1) is 0 Å². The lowest BCUT2D eigenvalue weighted by Crippen LogP contribution is -2.11. The first kappa shape index (κ1) is 52.1. The molecule has 0 saturated heterocycles.